The lowest BCUT2D eigenvalue weighted by Gasteiger charge is -2.07. The second-order valence-corrected chi connectivity index (χ2v) is 5.59. The topological polar surface area (TPSA) is 58.2 Å². The number of rotatable bonds is 6. The van der Waals surface area contributed by atoms with E-state index >= 15 is 0 Å². The normalized spacial score (nSPS) is 10.1. The van der Waals surface area contributed by atoms with Crippen LogP contribution in [0.4, 0.5) is 0 Å². The molecule has 2 aromatic carbocycles. The molecule has 2 rings (SSSR count). The Kier molecular flexibility index (Phi) is 6.63. The lowest BCUT2D eigenvalue weighted by atomic mass is 10.1. The Labute approximate surface area is 140 Å². The van der Waals surface area contributed by atoms with Gasteiger partial charge >= 0.3 is 11.8 Å². The first-order valence-corrected chi connectivity index (χ1v) is 7.87. The molecule has 0 fully saturated rings. The fourth-order valence-electron chi connectivity index (χ4n) is 2.08. The number of aryl methyl sites for hydroxylation is 1. The van der Waals surface area contributed by atoms with Crippen molar-refractivity contribution in [2.24, 2.45) is 0 Å². The summed E-state index contributed by atoms with van der Waals surface area (Å²) in [7, 11) is 0. The predicted molar refractivity (Wildman–Crippen MR) is 91.1 cm³/mol. The molecule has 0 spiro atoms. The highest BCUT2D eigenvalue weighted by molar-refractivity contribution is 6.35. The van der Waals surface area contributed by atoms with E-state index in [-0.39, 0.29) is 0 Å². The number of nitrogens with one attached hydrogen (secondary N) is 2. The van der Waals surface area contributed by atoms with Gasteiger partial charge in [0.25, 0.3) is 0 Å². The number of amides is 2. The molecule has 5 heteroatoms. The highest BCUT2D eigenvalue weighted by Crippen LogP contribution is 2.09. The van der Waals surface area contributed by atoms with Gasteiger partial charge in [-0.2, -0.15) is 0 Å². The zero-order chi connectivity index (χ0) is 16.5. The van der Waals surface area contributed by atoms with E-state index in [0.29, 0.717) is 18.1 Å². The maximum atomic E-state index is 11.7. The van der Waals surface area contributed by atoms with Crippen molar-refractivity contribution in [3.05, 3.63) is 70.7 Å². The smallest absolute Gasteiger partial charge is 0.309 e. The van der Waals surface area contributed by atoms with E-state index in [1.165, 1.54) is 5.56 Å². The largest absolute Gasteiger partial charge is 0.348 e. The van der Waals surface area contributed by atoms with Crippen molar-refractivity contribution in [1.29, 1.82) is 0 Å². The van der Waals surface area contributed by atoms with E-state index in [1.807, 2.05) is 30.3 Å². The highest BCUT2D eigenvalue weighted by atomic mass is 35.5. The van der Waals surface area contributed by atoms with Crippen molar-refractivity contribution in [2.45, 2.75) is 19.4 Å². The van der Waals surface area contributed by atoms with Gasteiger partial charge in [0.2, 0.25) is 0 Å². The summed E-state index contributed by atoms with van der Waals surface area (Å²) in [5.74, 6) is -1.23. The average Bonchev–Trinajstić information content (AvgIpc) is 2.58. The van der Waals surface area contributed by atoms with Crippen molar-refractivity contribution in [1.82, 2.24) is 10.6 Å². The Morgan fingerprint density at radius 1 is 0.826 bits per heavy atom. The molecule has 2 aromatic rings. The molecule has 0 heterocycles. The SMILES string of the molecule is O=C(NCCCc1ccccc1)C(=O)NCc1ccc(Cl)cc1. The molecular formula is C18H19ClN2O2. The molecule has 0 aliphatic rings. The van der Waals surface area contributed by atoms with Crippen LogP contribution in [0.5, 0.6) is 0 Å². The molecule has 0 bridgehead atoms. The summed E-state index contributed by atoms with van der Waals surface area (Å²) in [5.41, 5.74) is 2.11. The van der Waals surface area contributed by atoms with E-state index in [4.69, 9.17) is 11.6 Å². The van der Waals surface area contributed by atoms with E-state index in [0.717, 1.165) is 18.4 Å². The second-order valence-electron chi connectivity index (χ2n) is 5.15. The Morgan fingerprint density at radius 2 is 1.48 bits per heavy atom. The Morgan fingerprint density at radius 3 is 2.17 bits per heavy atom. The quantitative estimate of drug-likeness (QED) is 0.632. The number of benzene rings is 2. The molecule has 0 aromatic heterocycles. The summed E-state index contributed by atoms with van der Waals surface area (Å²) in [5, 5.41) is 5.84. The van der Waals surface area contributed by atoms with Gasteiger partial charge in [-0.15, -0.1) is 0 Å². The van der Waals surface area contributed by atoms with Crippen LogP contribution in [0.3, 0.4) is 0 Å². The summed E-state index contributed by atoms with van der Waals surface area (Å²) >= 11 is 5.79. The molecule has 120 valence electrons. The Balaban J connectivity index is 1.64. The van der Waals surface area contributed by atoms with Crippen LogP contribution in [0.15, 0.2) is 54.6 Å². The molecule has 2 amide bonds. The van der Waals surface area contributed by atoms with E-state index < -0.39 is 11.8 Å². The first-order valence-electron chi connectivity index (χ1n) is 7.49. The van der Waals surface area contributed by atoms with Crippen molar-refractivity contribution in [3.8, 4) is 0 Å². The lowest BCUT2D eigenvalue weighted by molar-refractivity contribution is -0.139. The van der Waals surface area contributed by atoms with Gasteiger partial charge in [0.1, 0.15) is 0 Å². The van der Waals surface area contributed by atoms with E-state index in [9.17, 15) is 9.59 Å². The van der Waals surface area contributed by atoms with Crippen LogP contribution in [-0.4, -0.2) is 18.4 Å². The molecule has 0 radical (unpaired) electrons. The summed E-state index contributed by atoms with van der Waals surface area (Å²) in [6.45, 7) is 0.773. The van der Waals surface area contributed by atoms with Gasteiger partial charge in [-0.05, 0) is 36.1 Å². The van der Waals surface area contributed by atoms with Gasteiger partial charge in [0, 0.05) is 18.1 Å². The molecule has 0 saturated heterocycles. The highest BCUT2D eigenvalue weighted by Gasteiger charge is 2.11. The minimum absolute atomic E-state index is 0.299. The van der Waals surface area contributed by atoms with Crippen LogP contribution >= 0.6 is 11.6 Å². The van der Waals surface area contributed by atoms with Crippen molar-refractivity contribution in [2.75, 3.05) is 6.54 Å². The van der Waals surface area contributed by atoms with Gasteiger partial charge in [-0.3, -0.25) is 9.59 Å². The average molecular weight is 331 g/mol. The monoisotopic (exact) mass is 330 g/mol. The molecule has 2 N–H and O–H groups in total. The summed E-state index contributed by atoms with van der Waals surface area (Å²) in [6, 6.07) is 17.1. The van der Waals surface area contributed by atoms with Crippen molar-refractivity contribution >= 4 is 23.4 Å². The van der Waals surface area contributed by atoms with Crippen molar-refractivity contribution in [3.63, 3.8) is 0 Å². The number of carbonyl (C=O) groups is 2. The molecule has 0 saturated carbocycles. The number of halogens is 1. The minimum Gasteiger partial charge on any atom is -0.348 e. The van der Waals surface area contributed by atoms with Gasteiger partial charge in [-0.1, -0.05) is 54.1 Å². The van der Waals surface area contributed by atoms with Gasteiger partial charge < -0.3 is 10.6 Å². The Bertz CT molecular complexity index is 642. The predicted octanol–water partition coefficient (Wildman–Crippen LogP) is 2.71. The molecule has 0 aliphatic heterocycles. The standard InChI is InChI=1S/C18H19ClN2O2/c19-16-10-8-15(9-11-16)13-21-18(23)17(22)20-12-4-7-14-5-2-1-3-6-14/h1-3,5-6,8-11H,4,7,12-13H2,(H,20,22)(H,21,23). The maximum Gasteiger partial charge on any atom is 0.309 e. The van der Waals surface area contributed by atoms with Crippen LogP contribution in [0.2, 0.25) is 5.02 Å². The zero-order valence-corrected chi connectivity index (χ0v) is 13.5. The molecular weight excluding hydrogens is 312 g/mol. The third kappa shape index (κ3) is 6.12. The molecule has 0 unspecified atom stereocenters. The second kappa shape index (κ2) is 8.96. The maximum absolute atomic E-state index is 11.7. The molecule has 0 aliphatic carbocycles. The first kappa shape index (κ1) is 17.0. The Hall–Kier alpha value is -2.33. The summed E-state index contributed by atoms with van der Waals surface area (Å²) < 4.78 is 0. The fraction of sp³-hybridized carbons (Fsp3) is 0.222. The van der Waals surface area contributed by atoms with Gasteiger partial charge in [0.15, 0.2) is 0 Å². The van der Waals surface area contributed by atoms with Crippen LogP contribution in [0.1, 0.15) is 17.5 Å². The van der Waals surface area contributed by atoms with Gasteiger partial charge in [0.05, 0.1) is 0 Å². The number of carbonyl (C=O) groups excluding carboxylic acids is 2. The number of hydrogen-bond donors (Lipinski definition) is 2. The van der Waals surface area contributed by atoms with Crippen LogP contribution < -0.4 is 10.6 Å². The first-order chi connectivity index (χ1) is 11.1. The molecule has 4 nitrogen and oxygen atoms in total. The third-order valence-electron chi connectivity index (χ3n) is 3.34. The van der Waals surface area contributed by atoms with Crippen molar-refractivity contribution < 1.29 is 9.59 Å². The third-order valence-corrected chi connectivity index (χ3v) is 3.60. The molecule has 0 atom stereocenters. The van der Waals surface area contributed by atoms with E-state index in [1.54, 1.807) is 24.3 Å². The van der Waals surface area contributed by atoms with Crippen LogP contribution in [-0.2, 0) is 22.6 Å². The van der Waals surface area contributed by atoms with E-state index in [2.05, 4.69) is 10.6 Å². The summed E-state index contributed by atoms with van der Waals surface area (Å²) in [6.07, 6.45) is 1.66. The molecule has 23 heavy (non-hydrogen) atoms. The van der Waals surface area contributed by atoms with Gasteiger partial charge in [-0.25, -0.2) is 0 Å². The fourth-order valence-corrected chi connectivity index (χ4v) is 2.21. The van der Waals surface area contributed by atoms with Crippen LogP contribution in [0, 0.1) is 0 Å². The number of hydrogen-bond acceptors (Lipinski definition) is 2. The lowest BCUT2D eigenvalue weighted by Crippen LogP contribution is -2.40. The van der Waals surface area contributed by atoms with Crippen LogP contribution in [0.25, 0.3) is 0 Å². The summed E-state index contributed by atoms with van der Waals surface area (Å²) in [4.78, 5) is 23.4. The minimum atomic E-state index is -0.625. The zero-order valence-electron chi connectivity index (χ0n) is 12.7.